The topological polar surface area (TPSA) is 79.2 Å². The molecular formula is C19H18N2O3. The smallest absolute Gasteiger partial charge is 0.313 e. The highest BCUT2D eigenvalue weighted by Gasteiger charge is 2.20. The van der Waals surface area contributed by atoms with Crippen LogP contribution in [0.2, 0.25) is 0 Å². The van der Waals surface area contributed by atoms with Crippen LogP contribution >= 0.6 is 0 Å². The fraction of sp³-hybridized carbons (Fsp3) is 0.211. The number of nitrogens with one attached hydrogen (secondary N) is 1. The highest BCUT2D eigenvalue weighted by Crippen LogP contribution is 2.20. The van der Waals surface area contributed by atoms with Crippen LogP contribution in [0.15, 0.2) is 54.6 Å². The van der Waals surface area contributed by atoms with E-state index in [1.807, 2.05) is 43.3 Å². The second-order valence-corrected chi connectivity index (χ2v) is 5.22. The van der Waals surface area contributed by atoms with Crippen molar-refractivity contribution in [2.45, 2.75) is 19.3 Å². The Kier molecular flexibility index (Phi) is 6.09. The Bertz CT molecular complexity index is 751. The maximum Gasteiger partial charge on any atom is 0.313 e. The minimum atomic E-state index is -0.443. The SMILES string of the molecule is CC[C@H](C(=O)OCC(=O)Nc1cccc(C#N)c1)c1ccccc1. The van der Waals surface area contributed by atoms with Crippen molar-refractivity contribution in [2.75, 3.05) is 11.9 Å². The first-order chi connectivity index (χ1) is 11.6. The van der Waals surface area contributed by atoms with Crippen LogP contribution in [0.3, 0.4) is 0 Å². The molecule has 0 aliphatic heterocycles. The van der Waals surface area contributed by atoms with Gasteiger partial charge in [-0.25, -0.2) is 0 Å². The number of esters is 1. The van der Waals surface area contributed by atoms with Gasteiger partial charge in [0.05, 0.1) is 17.6 Å². The molecule has 1 atom stereocenters. The van der Waals surface area contributed by atoms with E-state index >= 15 is 0 Å². The van der Waals surface area contributed by atoms with Gasteiger partial charge < -0.3 is 10.1 Å². The summed E-state index contributed by atoms with van der Waals surface area (Å²) in [5.41, 5.74) is 1.80. The van der Waals surface area contributed by atoms with Gasteiger partial charge in [0.1, 0.15) is 0 Å². The Balaban J connectivity index is 1.90. The molecule has 0 saturated carbocycles. The molecule has 0 unspecified atom stereocenters. The van der Waals surface area contributed by atoms with Crippen LogP contribution in [-0.4, -0.2) is 18.5 Å². The van der Waals surface area contributed by atoms with Gasteiger partial charge in [0.25, 0.3) is 5.91 Å². The predicted molar refractivity (Wildman–Crippen MR) is 90.2 cm³/mol. The molecule has 0 saturated heterocycles. The van der Waals surface area contributed by atoms with Crippen LogP contribution in [0.5, 0.6) is 0 Å². The van der Waals surface area contributed by atoms with Crippen molar-refractivity contribution >= 4 is 17.6 Å². The molecule has 2 rings (SSSR count). The van der Waals surface area contributed by atoms with Crippen LogP contribution in [0.4, 0.5) is 5.69 Å². The normalized spacial score (nSPS) is 11.2. The highest BCUT2D eigenvalue weighted by atomic mass is 16.5. The first-order valence-electron chi connectivity index (χ1n) is 7.65. The summed E-state index contributed by atoms with van der Waals surface area (Å²) in [6, 6.07) is 17.9. The van der Waals surface area contributed by atoms with Crippen LogP contribution in [0.1, 0.15) is 30.4 Å². The molecule has 0 fully saturated rings. The van der Waals surface area contributed by atoms with E-state index in [9.17, 15) is 9.59 Å². The quantitative estimate of drug-likeness (QED) is 0.828. The molecule has 0 spiro atoms. The summed E-state index contributed by atoms with van der Waals surface area (Å²) in [4.78, 5) is 24.1. The van der Waals surface area contributed by atoms with Gasteiger partial charge in [-0.05, 0) is 30.2 Å². The molecular weight excluding hydrogens is 304 g/mol. The molecule has 24 heavy (non-hydrogen) atoms. The van der Waals surface area contributed by atoms with Gasteiger partial charge in [-0.3, -0.25) is 9.59 Å². The van der Waals surface area contributed by atoms with Gasteiger partial charge in [0, 0.05) is 5.69 Å². The van der Waals surface area contributed by atoms with E-state index in [0.717, 1.165) is 5.56 Å². The lowest BCUT2D eigenvalue weighted by Crippen LogP contribution is -2.23. The summed E-state index contributed by atoms with van der Waals surface area (Å²) >= 11 is 0. The number of hydrogen-bond acceptors (Lipinski definition) is 4. The third-order valence-corrected chi connectivity index (χ3v) is 3.52. The number of carbonyl (C=O) groups is 2. The summed E-state index contributed by atoms with van der Waals surface area (Å²) < 4.78 is 5.12. The first-order valence-corrected chi connectivity index (χ1v) is 7.65. The van der Waals surface area contributed by atoms with Gasteiger partial charge in [-0.15, -0.1) is 0 Å². The maximum absolute atomic E-state index is 12.2. The van der Waals surface area contributed by atoms with Crippen molar-refractivity contribution in [1.29, 1.82) is 5.26 Å². The molecule has 1 amide bonds. The van der Waals surface area contributed by atoms with Gasteiger partial charge >= 0.3 is 5.97 Å². The number of anilines is 1. The summed E-state index contributed by atoms with van der Waals surface area (Å²) in [5, 5.41) is 11.4. The fourth-order valence-corrected chi connectivity index (χ4v) is 2.32. The van der Waals surface area contributed by atoms with E-state index in [2.05, 4.69) is 5.32 Å². The largest absolute Gasteiger partial charge is 0.455 e. The average Bonchev–Trinajstić information content (AvgIpc) is 2.61. The van der Waals surface area contributed by atoms with Crippen molar-refractivity contribution in [3.05, 3.63) is 65.7 Å². The predicted octanol–water partition coefficient (Wildman–Crippen LogP) is 3.23. The van der Waals surface area contributed by atoms with Gasteiger partial charge in [0.2, 0.25) is 0 Å². The lowest BCUT2D eigenvalue weighted by Gasteiger charge is -2.14. The fourth-order valence-electron chi connectivity index (χ4n) is 2.32. The van der Waals surface area contributed by atoms with E-state index < -0.39 is 11.9 Å². The van der Waals surface area contributed by atoms with E-state index in [1.54, 1.807) is 24.3 Å². The van der Waals surface area contributed by atoms with E-state index in [4.69, 9.17) is 10.00 Å². The number of nitriles is 1. The molecule has 0 heterocycles. The Hall–Kier alpha value is -3.13. The van der Waals surface area contributed by atoms with Crippen molar-refractivity contribution in [1.82, 2.24) is 0 Å². The zero-order chi connectivity index (χ0) is 17.4. The molecule has 5 nitrogen and oxygen atoms in total. The minimum absolute atomic E-state index is 0.362. The Labute approximate surface area is 140 Å². The van der Waals surface area contributed by atoms with Gasteiger partial charge in [-0.1, -0.05) is 43.3 Å². The monoisotopic (exact) mass is 322 g/mol. The summed E-state index contributed by atoms with van der Waals surface area (Å²) in [5.74, 6) is -1.26. The summed E-state index contributed by atoms with van der Waals surface area (Å²) in [7, 11) is 0. The molecule has 0 radical (unpaired) electrons. The van der Waals surface area contributed by atoms with Crippen LogP contribution in [-0.2, 0) is 14.3 Å². The summed E-state index contributed by atoms with van der Waals surface area (Å²) in [6.07, 6.45) is 0.592. The van der Waals surface area contributed by atoms with Crippen LogP contribution in [0, 0.1) is 11.3 Å². The van der Waals surface area contributed by atoms with Gasteiger partial charge in [0.15, 0.2) is 6.61 Å². The molecule has 122 valence electrons. The molecule has 1 N–H and O–H groups in total. The van der Waals surface area contributed by atoms with Crippen LogP contribution < -0.4 is 5.32 Å². The molecule has 2 aromatic rings. The minimum Gasteiger partial charge on any atom is -0.455 e. The molecule has 0 aliphatic carbocycles. The Morgan fingerprint density at radius 1 is 1.17 bits per heavy atom. The number of benzene rings is 2. The molecule has 0 aromatic heterocycles. The van der Waals surface area contributed by atoms with E-state index in [0.29, 0.717) is 17.7 Å². The number of amides is 1. The lowest BCUT2D eigenvalue weighted by atomic mass is 9.97. The number of carbonyl (C=O) groups excluding carboxylic acids is 2. The zero-order valence-corrected chi connectivity index (χ0v) is 13.4. The van der Waals surface area contributed by atoms with E-state index in [1.165, 1.54) is 0 Å². The molecule has 2 aromatic carbocycles. The van der Waals surface area contributed by atoms with E-state index in [-0.39, 0.29) is 12.5 Å². The van der Waals surface area contributed by atoms with Crippen molar-refractivity contribution in [3.8, 4) is 6.07 Å². The number of hydrogen-bond donors (Lipinski definition) is 1. The number of ether oxygens (including phenoxy) is 1. The molecule has 0 aliphatic rings. The standard InChI is InChI=1S/C19H18N2O3/c1-2-17(15-8-4-3-5-9-15)19(23)24-13-18(22)21-16-10-6-7-14(11-16)12-20/h3-11,17H,2,13H2,1H3,(H,21,22)/t17-/m0/s1. The lowest BCUT2D eigenvalue weighted by molar-refractivity contribution is -0.149. The van der Waals surface area contributed by atoms with Crippen molar-refractivity contribution in [2.24, 2.45) is 0 Å². The number of nitrogens with zero attached hydrogens (tertiary/aromatic N) is 1. The maximum atomic E-state index is 12.2. The number of rotatable bonds is 6. The third-order valence-electron chi connectivity index (χ3n) is 3.52. The average molecular weight is 322 g/mol. The zero-order valence-electron chi connectivity index (χ0n) is 13.4. The van der Waals surface area contributed by atoms with Crippen molar-refractivity contribution < 1.29 is 14.3 Å². The van der Waals surface area contributed by atoms with Crippen LogP contribution in [0.25, 0.3) is 0 Å². The molecule has 0 bridgehead atoms. The Morgan fingerprint density at radius 3 is 2.58 bits per heavy atom. The third kappa shape index (κ3) is 4.68. The second kappa shape index (κ2) is 8.49. The van der Waals surface area contributed by atoms with Gasteiger partial charge in [-0.2, -0.15) is 5.26 Å². The Morgan fingerprint density at radius 2 is 1.92 bits per heavy atom. The van der Waals surface area contributed by atoms with Crippen molar-refractivity contribution in [3.63, 3.8) is 0 Å². The highest BCUT2D eigenvalue weighted by molar-refractivity contribution is 5.93. The molecule has 5 heteroatoms. The first kappa shape index (κ1) is 17.2. The summed E-state index contributed by atoms with van der Waals surface area (Å²) in [6.45, 7) is 1.53. The second-order valence-electron chi connectivity index (χ2n) is 5.22.